The van der Waals surface area contributed by atoms with E-state index in [0.29, 0.717) is 13.2 Å². The van der Waals surface area contributed by atoms with Gasteiger partial charge in [-0.05, 0) is 18.9 Å². The Morgan fingerprint density at radius 2 is 2.22 bits per heavy atom. The van der Waals surface area contributed by atoms with E-state index in [0.717, 1.165) is 25.1 Å². The van der Waals surface area contributed by atoms with Crippen LogP contribution in [0.5, 0.6) is 0 Å². The maximum Gasteiger partial charge on any atom is 0.257 e. The van der Waals surface area contributed by atoms with Crippen molar-refractivity contribution in [3.8, 4) is 0 Å². The zero-order valence-corrected chi connectivity index (χ0v) is 10.8. The lowest BCUT2D eigenvalue weighted by Crippen LogP contribution is -2.40. The van der Waals surface area contributed by atoms with Crippen molar-refractivity contribution in [1.82, 2.24) is 9.88 Å². The number of pyridine rings is 1. The Bertz CT molecular complexity index is 450. The molecule has 0 spiro atoms. The number of ether oxygens (including phenoxy) is 1. The van der Waals surface area contributed by atoms with Crippen molar-refractivity contribution in [3.63, 3.8) is 0 Å². The minimum absolute atomic E-state index is 0.0281. The van der Waals surface area contributed by atoms with Gasteiger partial charge in [-0.15, -0.1) is 0 Å². The van der Waals surface area contributed by atoms with Gasteiger partial charge in [0.25, 0.3) is 5.91 Å². The Kier molecular flexibility index (Phi) is 4.14. The molecule has 1 amide bonds. The highest BCUT2D eigenvalue weighted by Crippen LogP contribution is 2.20. The van der Waals surface area contributed by atoms with Crippen molar-refractivity contribution >= 4 is 17.5 Å². The van der Waals surface area contributed by atoms with E-state index in [1.54, 1.807) is 11.9 Å². The maximum atomic E-state index is 13.1. The van der Waals surface area contributed by atoms with Crippen LogP contribution in [0.2, 0.25) is 5.15 Å². The molecular formula is C12H14ClFN2O2. The predicted octanol–water partition coefficient (Wildman–Crippen LogP) is 2.13. The van der Waals surface area contributed by atoms with E-state index in [-0.39, 0.29) is 22.7 Å². The molecular weight excluding hydrogens is 259 g/mol. The molecule has 0 N–H and O–H groups in total. The van der Waals surface area contributed by atoms with Gasteiger partial charge in [0.15, 0.2) is 0 Å². The summed E-state index contributed by atoms with van der Waals surface area (Å²) in [5.74, 6) is -0.873. The van der Waals surface area contributed by atoms with Crippen molar-refractivity contribution < 1.29 is 13.9 Å². The number of nitrogens with zero attached hydrogens (tertiary/aromatic N) is 2. The summed E-state index contributed by atoms with van der Waals surface area (Å²) in [6.07, 6.45) is 2.55. The third-order valence-corrected chi connectivity index (χ3v) is 3.40. The zero-order valence-electron chi connectivity index (χ0n) is 10.0. The fraction of sp³-hybridized carbons (Fsp3) is 0.500. The minimum atomic E-state index is -0.567. The van der Waals surface area contributed by atoms with Crippen LogP contribution in [0.15, 0.2) is 12.3 Å². The standard InChI is InChI=1S/C12H14ClFN2O2/c1-16(9-2-4-18-5-3-9)12(17)10-6-8(14)7-15-11(10)13/h6-7,9H,2-5H2,1H3. The summed E-state index contributed by atoms with van der Waals surface area (Å²) < 4.78 is 18.3. The highest BCUT2D eigenvalue weighted by atomic mass is 35.5. The summed E-state index contributed by atoms with van der Waals surface area (Å²) in [4.78, 5) is 17.4. The number of rotatable bonds is 2. The normalized spacial score (nSPS) is 16.6. The molecule has 0 aliphatic carbocycles. The first-order chi connectivity index (χ1) is 8.59. The van der Waals surface area contributed by atoms with Crippen molar-refractivity contribution in [1.29, 1.82) is 0 Å². The van der Waals surface area contributed by atoms with E-state index in [1.807, 2.05) is 0 Å². The molecule has 6 heteroatoms. The summed E-state index contributed by atoms with van der Waals surface area (Å²) in [6, 6.07) is 1.22. The van der Waals surface area contributed by atoms with E-state index < -0.39 is 5.82 Å². The van der Waals surface area contributed by atoms with Gasteiger partial charge in [0.1, 0.15) is 11.0 Å². The molecule has 0 aromatic carbocycles. The van der Waals surface area contributed by atoms with Gasteiger partial charge in [-0.3, -0.25) is 4.79 Å². The predicted molar refractivity (Wildman–Crippen MR) is 65.1 cm³/mol. The molecule has 1 aliphatic rings. The topological polar surface area (TPSA) is 42.4 Å². The number of aromatic nitrogens is 1. The SMILES string of the molecule is CN(C(=O)c1cc(F)cnc1Cl)C1CCOCC1. The maximum absolute atomic E-state index is 13.1. The average Bonchev–Trinajstić information content (AvgIpc) is 2.41. The van der Waals surface area contributed by atoms with Crippen molar-refractivity contribution in [3.05, 3.63) is 28.8 Å². The first-order valence-electron chi connectivity index (χ1n) is 5.75. The molecule has 0 radical (unpaired) electrons. The third kappa shape index (κ3) is 2.79. The first-order valence-corrected chi connectivity index (χ1v) is 6.13. The number of carbonyl (C=O) groups excluding carboxylic acids is 1. The number of carbonyl (C=O) groups is 1. The summed E-state index contributed by atoms with van der Waals surface area (Å²) in [5, 5.41) is 0.0281. The minimum Gasteiger partial charge on any atom is -0.381 e. The quantitative estimate of drug-likeness (QED) is 0.775. The summed E-state index contributed by atoms with van der Waals surface area (Å²) in [6.45, 7) is 1.27. The van der Waals surface area contributed by atoms with E-state index in [1.165, 1.54) is 0 Å². The molecule has 1 aliphatic heterocycles. The highest BCUT2D eigenvalue weighted by Gasteiger charge is 2.25. The second kappa shape index (κ2) is 5.63. The van der Waals surface area contributed by atoms with Crippen LogP contribution in [0.25, 0.3) is 0 Å². The van der Waals surface area contributed by atoms with Crippen molar-refractivity contribution in [2.75, 3.05) is 20.3 Å². The Hall–Kier alpha value is -1.20. The van der Waals surface area contributed by atoms with E-state index in [2.05, 4.69) is 4.98 Å². The lowest BCUT2D eigenvalue weighted by Gasteiger charge is -2.31. The van der Waals surface area contributed by atoms with Crippen LogP contribution in [0.4, 0.5) is 4.39 Å². The fourth-order valence-corrected chi connectivity index (χ4v) is 2.19. The second-order valence-electron chi connectivity index (χ2n) is 4.25. The van der Waals surface area contributed by atoms with Crippen LogP contribution in [0.1, 0.15) is 23.2 Å². The van der Waals surface area contributed by atoms with E-state index in [9.17, 15) is 9.18 Å². The van der Waals surface area contributed by atoms with Gasteiger partial charge in [0.05, 0.1) is 11.8 Å². The van der Waals surface area contributed by atoms with Crippen LogP contribution < -0.4 is 0 Å². The van der Waals surface area contributed by atoms with Gasteiger partial charge in [-0.1, -0.05) is 11.6 Å². The molecule has 0 atom stereocenters. The molecule has 0 bridgehead atoms. The Morgan fingerprint density at radius 3 is 2.89 bits per heavy atom. The molecule has 1 aromatic rings. The zero-order chi connectivity index (χ0) is 13.1. The summed E-state index contributed by atoms with van der Waals surface area (Å²) in [5.41, 5.74) is 0.102. The fourth-order valence-electron chi connectivity index (χ4n) is 2.00. The van der Waals surface area contributed by atoms with Crippen molar-refractivity contribution in [2.45, 2.75) is 18.9 Å². The Morgan fingerprint density at radius 1 is 1.56 bits per heavy atom. The van der Waals surface area contributed by atoms with Gasteiger partial charge in [-0.25, -0.2) is 9.37 Å². The smallest absolute Gasteiger partial charge is 0.257 e. The third-order valence-electron chi connectivity index (χ3n) is 3.10. The van der Waals surface area contributed by atoms with Crippen LogP contribution >= 0.6 is 11.6 Å². The average molecular weight is 273 g/mol. The molecule has 1 fully saturated rings. The molecule has 1 saturated heterocycles. The van der Waals surface area contributed by atoms with Gasteiger partial charge in [0, 0.05) is 26.3 Å². The Balaban J connectivity index is 2.16. The number of amides is 1. The number of hydrogen-bond donors (Lipinski definition) is 0. The van der Waals surface area contributed by atoms with E-state index >= 15 is 0 Å². The molecule has 1 aromatic heterocycles. The van der Waals surface area contributed by atoms with Crippen LogP contribution in [0, 0.1) is 5.82 Å². The van der Waals surface area contributed by atoms with Gasteiger partial charge < -0.3 is 9.64 Å². The van der Waals surface area contributed by atoms with Crippen LogP contribution in [0.3, 0.4) is 0 Å². The molecule has 98 valence electrons. The van der Waals surface area contributed by atoms with Gasteiger partial charge in [-0.2, -0.15) is 0 Å². The molecule has 18 heavy (non-hydrogen) atoms. The number of hydrogen-bond acceptors (Lipinski definition) is 3. The first kappa shape index (κ1) is 13.2. The molecule has 0 saturated carbocycles. The van der Waals surface area contributed by atoms with Crippen molar-refractivity contribution in [2.24, 2.45) is 0 Å². The second-order valence-corrected chi connectivity index (χ2v) is 4.61. The molecule has 0 unspecified atom stereocenters. The van der Waals surface area contributed by atoms with Crippen LogP contribution in [-0.2, 0) is 4.74 Å². The summed E-state index contributed by atoms with van der Waals surface area (Å²) >= 11 is 5.82. The lowest BCUT2D eigenvalue weighted by atomic mass is 10.1. The highest BCUT2D eigenvalue weighted by molar-refractivity contribution is 6.32. The lowest BCUT2D eigenvalue weighted by molar-refractivity contribution is 0.0361. The molecule has 2 heterocycles. The number of halogens is 2. The van der Waals surface area contributed by atoms with E-state index in [4.69, 9.17) is 16.3 Å². The summed E-state index contributed by atoms with van der Waals surface area (Å²) in [7, 11) is 1.69. The van der Waals surface area contributed by atoms with Gasteiger partial charge >= 0.3 is 0 Å². The molecule has 2 rings (SSSR count). The molecule has 4 nitrogen and oxygen atoms in total. The monoisotopic (exact) mass is 272 g/mol. The Labute approximate surface area is 110 Å². The largest absolute Gasteiger partial charge is 0.381 e. The van der Waals surface area contributed by atoms with Gasteiger partial charge in [0.2, 0.25) is 0 Å². The van der Waals surface area contributed by atoms with Crippen LogP contribution in [-0.4, -0.2) is 42.1 Å².